The van der Waals surface area contributed by atoms with Gasteiger partial charge in [0.1, 0.15) is 9.84 Å². The number of hydrogen-bond acceptors (Lipinski definition) is 6. The van der Waals surface area contributed by atoms with Crippen LogP contribution >= 0.6 is 0 Å². The number of nitrogens with two attached hydrogens (primary N) is 1. The summed E-state index contributed by atoms with van der Waals surface area (Å²) in [6, 6.07) is 0. The Morgan fingerprint density at radius 2 is 2.00 bits per heavy atom. The van der Waals surface area contributed by atoms with Crippen molar-refractivity contribution in [1.82, 2.24) is 10.1 Å². The Hall–Kier alpha value is -1.11. The summed E-state index contributed by atoms with van der Waals surface area (Å²) in [6.07, 6.45) is 1.09. The number of nitrogen functional groups attached to an aromatic ring is 1. The normalized spacial score (nSPS) is 22.3. The third-order valence-corrected chi connectivity index (χ3v) is 4.08. The Bertz CT molecular complexity index is 411. The number of hydrogen-bond donors (Lipinski definition) is 1. The molecule has 2 N–H and O–H groups in total. The molecule has 1 aromatic heterocycles. The summed E-state index contributed by atoms with van der Waals surface area (Å²) in [6.45, 7) is 0. The van der Waals surface area contributed by atoms with Crippen LogP contribution in [0.25, 0.3) is 0 Å². The lowest BCUT2D eigenvalue weighted by Crippen LogP contribution is -2.22. The third kappa shape index (κ3) is 1.87. The van der Waals surface area contributed by atoms with Gasteiger partial charge in [-0.3, -0.25) is 0 Å². The van der Waals surface area contributed by atoms with Crippen molar-refractivity contribution in [1.29, 1.82) is 0 Å². The van der Waals surface area contributed by atoms with Gasteiger partial charge in [0, 0.05) is 5.92 Å². The lowest BCUT2D eigenvalue weighted by Gasteiger charge is -2.17. The fourth-order valence-electron chi connectivity index (χ4n) is 1.55. The van der Waals surface area contributed by atoms with Gasteiger partial charge < -0.3 is 10.3 Å². The molecule has 7 heteroatoms. The van der Waals surface area contributed by atoms with Gasteiger partial charge in [-0.2, -0.15) is 4.98 Å². The highest BCUT2D eigenvalue weighted by atomic mass is 32.2. The first-order valence-electron chi connectivity index (χ1n) is 4.36. The van der Waals surface area contributed by atoms with E-state index in [1.54, 1.807) is 0 Å². The average molecular weight is 217 g/mol. The van der Waals surface area contributed by atoms with E-state index in [2.05, 4.69) is 10.1 Å². The minimum absolute atomic E-state index is 0.0447. The van der Waals surface area contributed by atoms with E-state index in [0.717, 1.165) is 0 Å². The second-order valence-electron chi connectivity index (χ2n) is 3.42. The van der Waals surface area contributed by atoms with Crippen LogP contribution in [0.15, 0.2) is 4.52 Å². The Kier molecular flexibility index (Phi) is 2.18. The van der Waals surface area contributed by atoms with Gasteiger partial charge in [0.2, 0.25) is 5.89 Å². The predicted molar refractivity (Wildman–Crippen MR) is 49.3 cm³/mol. The van der Waals surface area contributed by atoms with Crippen molar-refractivity contribution in [2.24, 2.45) is 0 Å². The SMILES string of the molecule is Nc1noc(C2CCS(=O)(=O)CC2)n1. The molecular weight excluding hydrogens is 206 g/mol. The van der Waals surface area contributed by atoms with Crippen LogP contribution in [0.5, 0.6) is 0 Å². The van der Waals surface area contributed by atoms with Crippen molar-refractivity contribution < 1.29 is 12.9 Å². The van der Waals surface area contributed by atoms with Crippen LogP contribution in [-0.2, 0) is 9.84 Å². The molecule has 0 atom stereocenters. The van der Waals surface area contributed by atoms with E-state index in [4.69, 9.17) is 10.3 Å². The van der Waals surface area contributed by atoms with Crippen LogP contribution in [0.1, 0.15) is 24.7 Å². The van der Waals surface area contributed by atoms with Gasteiger partial charge in [0.25, 0.3) is 5.95 Å². The molecule has 2 rings (SSSR count). The summed E-state index contributed by atoms with van der Waals surface area (Å²) >= 11 is 0. The first-order valence-corrected chi connectivity index (χ1v) is 6.18. The molecule has 1 fully saturated rings. The lowest BCUT2D eigenvalue weighted by molar-refractivity contribution is 0.344. The van der Waals surface area contributed by atoms with E-state index in [1.807, 2.05) is 0 Å². The second-order valence-corrected chi connectivity index (χ2v) is 5.72. The van der Waals surface area contributed by atoms with Crippen LogP contribution < -0.4 is 5.73 Å². The molecule has 1 aromatic rings. The summed E-state index contributed by atoms with van der Waals surface area (Å²) < 4.78 is 27.2. The van der Waals surface area contributed by atoms with E-state index < -0.39 is 9.84 Å². The minimum Gasteiger partial charge on any atom is -0.365 e. The monoisotopic (exact) mass is 217 g/mol. The fraction of sp³-hybridized carbons (Fsp3) is 0.714. The summed E-state index contributed by atoms with van der Waals surface area (Å²) in [4.78, 5) is 3.89. The van der Waals surface area contributed by atoms with E-state index in [0.29, 0.717) is 18.7 Å². The van der Waals surface area contributed by atoms with E-state index in [9.17, 15) is 8.42 Å². The van der Waals surface area contributed by atoms with E-state index >= 15 is 0 Å². The predicted octanol–water partition coefficient (Wildman–Crippen LogP) is -0.0560. The van der Waals surface area contributed by atoms with Gasteiger partial charge in [-0.25, -0.2) is 8.42 Å². The van der Waals surface area contributed by atoms with Gasteiger partial charge in [-0.1, -0.05) is 0 Å². The van der Waals surface area contributed by atoms with Crippen molar-refractivity contribution >= 4 is 15.8 Å². The highest BCUT2D eigenvalue weighted by Gasteiger charge is 2.28. The molecule has 6 nitrogen and oxygen atoms in total. The molecule has 1 aliphatic rings. The quantitative estimate of drug-likeness (QED) is 0.707. The van der Waals surface area contributed by atoms with Crippen LogP contribution in [0.3, 0.4) is 0 Å². The molecule has 78 valence electrons. The first-order chi connectivity index (χ1) is 6.57. The molecule has 0 unspecified atom stereocenters. The smallest absolute Gasteiger partial charge is 0.260 e. The number of anilines is 1. The highest BCUT2D eigenvalue weighted by Crippen LogP contribution is 2.27. The maximum absolute atomic E-state index is 11.1. The third-order valence-electron chi connectivity index (χ3n) is 2.36. The topological polar surface area (TPSA) is 99.1 Å². The van der Waals surface area contributed by atoms with Gasteiger partial charge in [-0.05, 0) is 18.0 Å². The van der Waals surface area contributed by atoms with Crippen molar-refractivity contribution in [2.45, 2.75) is 18.8 Å². The Morgan fingerprint density at radius 1 is 1.36 bits per heavy atom. The molecule has 0 aromatic carbocycles. The molecule has 0 spiro atoms. The first kappa shape index (κ1) is 9.45. The van der Waals surface area contributed by atoms with Crippen molar-refractivity contribution in [3.63, 3.8) is 0 Å². The summed E-state index contributed by atoms with van der Waals surface area (Å²) in [5.41, 5.74) is 5.30. The largest absolute Gasteiger partial charge is 0.365 e. The molecule has 0 aliphatic carbocycles. The zero-order valence-corrected chi connectivity index (χ0v) is 8.33. The number of nitrogens with zero attached hydrogens (tertiary/aromatic N) is 2. The summed E-state index contributed by atoms with van der Waals surface area (Å²) in [5, 5.41) is 3.47. The van der Waals surface area contributed by atoms with E-state index in [-0.39, 0.29) is 23.4 Å². The summed E-state index contributed by atoms with van der Waals surface area (Å²) in [7, 11) is -2.84. The Balaban J connectivity index is 2.09. The molecule has 0 bridgehead atoms. The van der Waals surface area contributed by atoms with E-state index in [1.165, 1.54) is 0 Å². The highest BCUT2D eigenvalue weighted by molar-refractivity contribution is 7.91. The molecule has 1 aliphatic heterocycles. The van der Waals surface area contributed by atoms with Crippen LogP contribution in [0.2, 0.25) is 0 Å². The van der Waals surface area contributed by atoms with Gasteiger partial charge in [0.15, 0.2) is 0 Å². The number of aromatic nitrogens is 2. The maximum atomic E-state index is 11.1. The average Bonchev–Trinajstić information content (AvgIpc) is 2.52. The Labute approximate surface area is 81.4 Å². The molecule has 1 saturated heterocycles. The zero-order chi connectivity index (χ0) is 10.2. The van der Waals surface area contributed by atoms with Crippen LogP contribution in [0.4, 0.5) is 5.95 Å². The molecule has 0 radical (unpaired) electrons. The second kappa shape index (κ2) is 3.23. The van der Waals surface area contributed by atoms with Crippen molar-refractivity contribution in [3.05, 3.63) is 5.89 Å². The molecular formula is C7H11N3O3S. The van der Waals surface area contributed by atoms with Gasteiger partial charge in [0.05, 0.1) is 11.5 Å². The molecule has 2 heterocycles. The fourth-order valence-corrected chi connectivity index (χ4v) is 3.04. The van der Waals surface area contributed by atoms with Crippen LogP contribution in [-0.4, -0.2) is 30.1 Å². The molecule has 14 heavy (non-hydrogen) atoms. The standard InChI is InChI=1S/C7H11N3O3S/c8-7-9-6(13-10-7)5-1-3-14(11,12)4-2-5/h5H,1-4H2,(H2,8,10). The molecule has 0 amide bonds. The number of rotatable bonds is 1. The summed E-state index contributed by atoms with van der Waals surface area (Å²) in [5.74, 6) is 0.994. The van der Waals surface area contributed by atoms with Crippen molar-refractivity contribution in [2.75, 3.05) is 17.2 Å². The maximum Gasteiger partial charge on any atom is 0.260 e. The van der Waals surface area contributed by atoms with Crippen LogP contribution in [0, 0.1) is 0 Å². The van der Waals surface area contributed by atoms with Crippen molar-refractivity contribution in [3.8, 4) is 0 Å². The lowest BCUT2D eigenvalue weighted by atomic mass is 10.0. The van der Waals surface area contributed by atoms with Gasteiger partial charge in [-0.15, -0.1) is 0 Å². The molecule has 0 saturated carbocycles. The zero-order valence-electron chi connectivity index (χ0n) is 7.51. The Morgan fingerprint density at radius 3 is 2.50 bits per heavy atom. The number of sulfone groups is 1. The minimum atomic E-state index is -2.84. The van der Waals surface area contributed by atoms with Gasteiger partial charge >= 0.3 is 0 Å².